The number of ether oxygens (including phenoxy) is 1. The highest BCUT2D eigenvalue weighted by molar-refractivity contribution is 6.30. The number of nitrogens with zero attached hydrogens (tertiary/aromatic N) is 3. The van der Waals surface area contributed by atoms with Crippen molar-refractivity contribution in [1.82, 2.24) is 20.0 Å². The lowest BCUT2D eigenvalue weighted by molar-refractivity contribution is -0.00967. The second-order valence-corrected chi connectivity index (χ2v) is 6.35. The van der Waals surface area contributed by atoms with Crippen LogP contribution in [0.3, 0.4) is 0 Å². The molecule has 1 fully saturated rings. The van der Waals surface area contributed by atoms with Crippen molar-refractivity contribution >= 4 is 11.6 Å². The molecule has 2 heterocycles. The van der Waals surface area contributed by atoms with E-state index in [2.05, 4.69) is 29.2 Å². The molecule has 0 spiro atoms. The minimum absolute atomic E-state index is 0.117. The van der Waals surface area contributed by atoms with E-state index < -0.39 is 0 Å². The molecule has 0 atom stereocenters. The Labute approximate surface area is 126 Å². The number of rotatable bonds is 5. The minimum atomic E-state index is 0.117. The average molecular weight is 301 g/mol. The summed E-state index contributed by atoms with van der Waals surface area (Å²) in [6, 6.07) is 0. The van der Waals surface area contributed by atoms with E-state index in [1.54, 1.807) is 4.68 Å². The fraction of sp³-hybridized carbons (Fsp3) is 0.786. The molecule has 0 amide bonds. The van der Waals surface area contributed by atoms with E-state index in [0.29, 0.717) is 0 Å². The van der Waals surface area contributed by atoms with Crippen molar-refractivity contribution in [2.45, 2.75) is 32.9 Å². The largest absolute Gasteiger partial charge is 0.379 e. The summed E-state index contributed by atoms with van der Waals surface area (Å²) >= 11 is 6.25. The van der Waals surface area contributed by atoms with Crippen molar-refractivity contribution in [1.29, 1.82) is 0 Å². The van der Waals surface area contributed by atoms with Gasteiger partial charge in [-0.3, -0.25) is 9.58 Å². The van der Waals surface area contributed by atoms with Crippen molar-refractivity contribution in [2.75, 3.05) is 32.8 Å². The summed E-state index contributed by atoms with van der Waals surface area (Å²) in [5.74, 6) is 0. The summed E-state index contributed by atoms with van der Waals surface area (Å²) in [5, 5.41) is 8.57. The Hall–Kier alpha value is -0.620. The number of nitrogens with one attached hydrogen (secondary N) is 1. The Morgan fingerprint density at radius 2 is 2.00 bits per heavy atom. The SMILES string of the molecule is Cc1nn(C)c(Cl)c1CNCC(C)(C)N1CCOCC1. The number of halogens is 1. The highest BCUT2D eigenvalue weighted by Gasteiger charge is 2.27. The third-order valence-electron chi connectivity index (χ3n) is 4.00. The predicted molar refractivity (Wildman–Crippen MR) is 81.1 cm³/mol. The van der Waals surface area contributed by atoms with Crippen LogP contribution in [0.2, 0.25) is 5.15 Å². The van der Waals surface area contributed by atoms with Crippen molar-refractivity contribution in [3.63, 3.8) is 0 Å². The first-order valence-corrected chi connectivity index (χ1v) is 7.51. The van der Waals surface area contributed by atoms with E-state index in [0.717, 1.165) is 55.8 Å². The first-order valence-electron chi connectivity index (χ1n) is 7.13. The van der Waals surface area contributed by atoms with Gasteiger partial charge in [-0.25, -0.2) is 0 Å². The molecule has 1 saturated heterocycles. The van der Waals surface area contributed by atoms with Gasteiger partial charge in [0.25, 0.3) is 0 Å². The Bertz CT molecular complexity index is 452. The summed E-state index contributed by atoms with van der Waals surface area (Å²) in [7, 11) is 1.87. The van der Waals surface area contributed by atoms with Gasteiger partial charge in [-0.05, 0) is 20.8 Å². The lowest BCUT2D eigenvalue weighted by Gasteiger charge is -2.41. The van der Waals surface area contributed by atoms with Gasteiger partial charge in [0, 0.05) is 44.3 Å². The number of aromatic nitrogens is 2. The van der Waals surface area contributed by atoms with Crippen molar-refractivity contribution < 1.29 is 4.74 Å². The monoisotopic (exact) mass is 300 g/mol. The van der Waals surface area contributed by atoms with E-state index in [-0.39, 0.29) is 5.54 Å². The third-order valence-corrected chi connectivity index (χ3v) is 4.47. The number of hydrogen-bond donors (Lipinski definition) is 1. The summed E-state index contributed by atoms with van der Waals surface area (Å²) in [4.78, 5) is 2.47. The minimum Gasteiger partial charge on any atom is -0.379 e. The predicted octanol–water partition coefficient (Wildman–Crippen LogP) is 1.58. The van der Waals surface area contributed by atoms with Gasteiger partial charge in [0.1, 0.15) is 5.15 Å². The second kappa shape index (κ2) is 6.43. The Kier molecular flexibility index (Phi) is 5.07. The topological polar surface area (TPSA) is 42.3 Å². The van der Waals surface area contributed by atoms with Crippen LogP contribution < -0.4 is 5.32 Å². The Morgan fingerprint density at radius 3 is 2.55 bits per heavy atom. The standard InChI is InChI=1S/C14H25ClN4O/c1-11-12(13(15)18(4)17-11)9-16-10-14(2,3)19-5-7-20-8-6-19/h16H,5-10H2,1-4H3. The van der Waals surface area contributed by atoms with Crippen LogP contribution in [0, 0.1) is 6.92 Å². The molecule has 0 saturated carbocycles. The zero-order valence-electron chi connectivity index (χ0n) is 12.9. The molecule has 1 N–H and O–H groups in total. The molecular weight excluding hydrogens is 276 g/mol. The van der Waals surface area contributed by atoms with Crippen LogP contribution in [-0.4, -0.2) is 53.1 Å². The summed E-state index contributed by atoms with van der Waals surface area (Å²) < 4.78 is 7.14. The lowest BCUT2D eigenvalue weighted by Crippen LogP contribution is -2.54. The maximum Gasteiger partial charge on any atom is 0.131 e. The van der Waals surface area contributed by atoms with Crippen LogP contribution in [0.25, 0.3) is 0 Å². The number of aryl methyl sites for hydroxylation is 2. The van der Waals surface area contributed by atoms with Gasteiger partial charge in [-0.15, -0.1) is 0 Å². The summed E-state index contributed by atoms with van der Waals surface area (Å²) in [6.45, 7) is 11.9. The molecule has 0 aromatic carbocycles. The third kappa shape index (κ3) is 3.52. The van der Waals surface area contributed by atoms with Gasteiger partial charge in [0.2, 0.25) is 0 Å². The highest BCUT2D eigenvalue weighted by atomic mass is 35.5. The summed E-state index contributed by atoms with van der Waals surface area (Å²) in [6.07, 6.45) is 0. The molecule has 0 radical (unpaired) electrons. The highest BCUT2D eigenvalue weighted by Crippen LogP contribution is 2.19. The van der Waals surface area contributed by atoms with E-state index in [9.17, 15) is 0 Å². The van der Waals surface area contributed by atoms with Gasteiger partial charge in [0.15, 0.2) is 0 Å². The van der Waals surface area contributed by atoms with Crippen LogP contribution in [0.5, 0.6) is 0 Å². The molecule has 1 aromatic rings. The Morgan fingerprint density at radius 1 is 1.35 bits per heavy atom. The smallest absolute Gasteiger partial charge is 0.131 e. The first kappa shape index (κ1) is 15.8. The van der Waals surface area contributed by atoms with Crippen LogP contribution in [0.15, 0.2) is 0 Å². The molecule has 114 valence electrons. The molecular formula is C14H25ClN4O. The lowest BCUT2D eigenvalue weighted by atomic mass is 10.0. The second-order valence-electron chi connectivity index (χ2n) is 5.99. The molecule has 6 heteroatoms. The molecule has 0 unspecified atom stereocenters. The molecule has 1 aliphatic rings. The fourth-order valence-electron chi connectivity index (χ4n) is 2.65. The molecule has 0 bridgehead atoms. The van der Waals surface area contributed by atoms with Crippen LogP contribution in [-0.2, 0) is 18.3 Å². The Balaban J connectivity index is 1.88. The zero-order chi connectivity index (χ0) is 14.8. The van der Waals surface area contributed by atoms with E-state index in [1.165, 1.54) is 0 Å². The van der Waals surface area contributed by atoms with Gasteiger partial charge in [-0.2, -0.15) is 5.10 Å². The quantitative estimate of drug-likeness (QED) is 0.896. The molecule has 1 aromatic heterocycles. The van der Waals surface area contributed by atoms with Crippen molar-refractivity contribution in [3.8, 4) is 0 Å². The molecule has 2 rings (SSSR count). The van der Waals surface area contributed by atoms with Crippen LogP contribution >= 0.6 is 11.6 Å². The van der Waals surface area contributed by atoms with Gasteiger partial charge in [0.05, 0.1) is 18.9 Å². The maximum absolute atomic E-state index is 6.25. The van der Waals surface area contributed by atoms with Crippen molar-refractivity contribution in [3.05, 3.63) is 16.4 Å². The summed E-state index contributed by atoms with van der Waals surface area (Å²) in [5.41, 5.74) is 2.20. The fourth-order valence-corrected chi connectivity index (χ4v) is 2.89. The maximum atomic E-state index is 6.25. The zero-order valence-corrected chi connectivity index (χ0v) is 13.6. The van der Waals surface area contributed by atoms with Crippen LogP contribution in [0.1, 0.15) is 25.1 Å². The average Bonchev–Trinajstić information content (AvgIpc) is 2.66. The first-order chi connectivity index (χ1) is 9.42. The molecule has 5 nitrogen and oxygen atoms in total. The number of hydrogen-bond acceptors (Lipinski definition) is 4. The van der Waals surface area contributed by atoms with Gasteiger partial charge in [-0.1, -0.05) is 11.6 Å². The molecule has 20 heavy (non-hydrogen) atoms. The van der Waals surface area contributed by atoms with Gasteiger partial charge < -0.3 is 10.1 Å². The number of morpholine rings is 1. The molecule has 1 aliphatic heterocycles. The normalized spacial score (nSPS) is 17.6. The van der Waals surface area contributed by atoms with Crippen molar-refractivity contribution in [2.24, 2.45) is 7.05 Å². The van der Waals surface area contributed by atoms with E-state index in [1.807, 2.05) is 14.0 Å². The van der Waals surface area contributed by atoms with E-state index >= 15 is 0 Å². The van der Waals surface area contributed by atoms with E-state index in [4.69, 9.17) is 16.3 Å². The molecule has 0 aliphatic carbocycles. The van der Waals surface area contributed by atoms with Gasteiger partial charge >= 0.3 is 0 Å². The van der Waals surface area contributed by atoms with Crippen LogP contribution in [0.4, 0.5) is 0 Å².